The Bertz CT molecular complexity index is 795. The van der Waals surface area contributed by atoms with Crippen molar-refractivity contribution >= 4 is 21.5 Å². The standard InChI is InChI=1S/C18H21NO3S/c1-4-13(2)15-8-10-18(11-9-15)23(21,22)19-17-7-5-6-16(12-17)14(3)20/h5-13,19H,4H2,1-3H3/t13-/m1/s1. The van der Waals surface area contributed by atoms with Crippen molar-refractivity contribution in [2.45, 2.75) is 38.0 Å². The van der Waals surface area contributed by atoms with E-state index >= 15 is 0 Å². The van der Waals surface area contributed by atoms with Crippen molar-refractivity contribution in [1.29, 1.82) is 0 Å². The van der Waals surface area contributed by atoms with Crippen LogP contribution >= 0.6 is 0 Å². The highest BCUT2D eigenvalue weighted by Gasteiger charge is 2.15. The van der Waals surface area contributed by atoms with Gasteiger partial charge in [0.25, 0.3) is 10.0 Å². The van der Waals surface area contributed by atoms with Gasteiger partial charge in [-0.25, -0.2) is 8.42 Å². The monoisotopic (exact) mass is 331 g/mol. The zero-order valence-electron chi connectivity index (χ0n) is 13.5. The fourth-order valence-electron chi connectivity index (χ4n) is 2.23. The normalized spacial score (nSPS) is 12.7. The van der Waals surface area contributed by atoms with E-state index in [1.165, 1.54) is 13.0 Å². The predicted octanol–water partition coefficient (Wildman–Crippen LogP) is 4.20. The third-order valence-electron chi connectivity index (χ3n) is 3.89. The first-order chi connectivity index (χ1) is 10.8. The molecule has 0 aromatic heterocycles. The largest absolute Gasteiger partial charge is 0.295 e. The number of hydrogen-bond acceptors (Lipinski definition) is 3. The number of carbonyl (C=O) groups is 1. The molecule has 2 aromatic carbocycles. The molecule has 0 amide bonds. The number of sulfonamides is 1. The molecule has 1 atom stereocenters. The maximum absolute atomic E-state index is 12.4. The second kappa shape index (κ2) is 6.96. The third-order valence-corrected chi connectivity index (χ3v) is 5.29. The molecule has 0 aliphatic heterocycles. The van der Waals surface area contributed by atoms with Gasteiger partial charge in [-0.3, -0.25) is 9.52 Å². The predicted molar refractivity (Wildman–Crippen MR) is 92.4 cm³/mol. The van der Waals surface area contributed by atoms with Crippen LogP contribution in [-0.4, -0.2) is 14.2 Å². The number of nitrogens with one attached hydrogen (secondary N) is 1. The molecule has 122 valence electrons. The van der Waals surface area contributed by atoms with Crippen molar-refractivity contribution in [2.75, 3.05) is 4.72 Å². The molecule has 0 saturated carbocycles. The first-order valence-corrected chi connectivity index (χ1v) is 9.05. The maximum Gasteiger partial charge on any atom is 0.261 e. The van der Waals surface area contributed by atoms with E-state index in [2.05, 4.69) is 18.6 Å². The molecule has 0 aliphatic rings. The Labute approximate surface area is 137 Å². The van der Waals surface area contributed by atoms with Gasteiger partial charge in [0.2, 0.25) is 0 Å². The van der Waals surface area contributed by atoms with E-state index in [1.807, 2.05) is 12.1 Å². The summed E-state index contributed by atoms with van der Waals surface area (Å²) in [6.07, 6.45) is 1.00. The van der Waals surface area contributed by atoms with Crippen LogP contribution in [0.5, 0.6) is 0 Å². The van der Waals surface area contributed by atoms with E-state index in [1.54, 1.807) is 30.3 Å². The molecule has 0 radical (unpaired) electrons. The molecule has 0 heterocycles. The molecule has 5 heteroatoms. The molecule has 0 saturated heterocycles. The topological polar surface area (TPSA) is 63.2 Å². The van der Waals surface area contributed by atoms with E-state index in [0.717, 1.165) is 12.0 Å². The van der Waals surface area contributed by atoms with Crippen LogP contribution in [0.3, 0.4) is 0 Å². The molecule has 23 heavy (non-hydrogen) atoms. The average Bonchev–Trinajstić information content (AvgIpc) is 2.54. The molecule has 4 nitrogen and oxygen atoms in total. The maximum atomic E-state index is 12.4. The zero-order chi connectivity index (χ0) is 17.0. The van der Waals surface area contributed by atoms with E-state index in [4.69, 9.17) is 0 Å². The van der Waals surface area contributed by atoms with Gasteiger partial charge in [0, 0.05) is 11.3 Å². The Kier molecular flexibility index (Phi) is 5.21. The van der Waals surface area contributed by atoms with Crippen molar-refractivity contribution in [2.24, 2.45) is 0 Å². The van der Waals surface area contributed by atoms with E-state index in [-0.39, 0.29) is 10.7 Å². The van der Waals surface area contributed by atoms with E-state index in [0.29, 0.717) is 17.2 Å². The van der Waals surface area contributed by atoms with Crippen LogP contribution in [-0.2, 0) is 10.0 Å². The van der Waals surface area contributed by atoms with Crippen LogP contribution in [0, 0.1) is 0 Å². The summed E-state index contributed by atoms with van der Waals surface area (Å²) in [5.74, 6) is 0.288. The van der Waals surface area contributed by atoms with Gasteiger partial charge in [0.1, 0.15) is 0 Å². The van der Waals surface area contributed by atoms with Crippen LogP contribution < -0.4 is 4.72 Å². The lowest BCUT2D eigenvalue weighted by Crippen LogP contribution is -2.13. The smallest absolute Gasteiger partial charge is 0.261 e. The summed E-state index contributed by atoms with van der Waals surface area (Å²) < 4.78 is 27.4. The molecule has 0 bridgehead atoms. The number of benzene rings is 2. The summed E-state index contributed by atoms with van der Waals surface area (Å²) in [6, 6.07) is 13.4. The lowest BCUT2D eigenvalue weighted by molar-refractivity contribution is 0.101. The van der Waals surface area contributed by atoms with Crippen molar-refractivity contribution < 1.29 is 13.2 Å². The van der Waals surface area contributed by atoms with Crippen LogP contribution in [0.1, 0.15) is 49.0 Å². The van der Waals surface area contributed by atoms with Crippen LogP contribution in [0.15, 0.2) is 53.4 Å². The quantitative estimate of drug-likeness (QED) is 0.807. The minimum absolute atomic E-state index is 0.107. The fourth-order valence-corrected chi connectivity index (χ4v) is 3.28. The van der Waals surface area contributed by atoms with Crippen LogP contribution in [0.25, 0.3) is 0 Å². The molecule has 2 rings (SSSR count). The van der Waals surface area contributed by atoms with Crippen molar-refractivity contribution in [3.05, 3.63) is 59.7 Å². The minimum Gasteiger partial charge on any atom is -0.295 e. The number of Topliss-reactive ketones (excluding diaryl/α,β-unsaturated/α-hetero) is 1. The molecular weight excluding hydrogens is 310 g/mol. The Morgan fingerprint density at radius 3 is 2.35 bits per heavy atom. The second-order valence-corrected chi connectivity index (χ2v) is 7.30. The molecule has 0 fully saturated rings. The van der Waals surface area contributed by atoms with Crippen LogP contribution in [0.2, 0.25) is 0 Å². The van der Waals surface area contributed by atoms with Gasteiger partial charge in [0.05, 0.1) is 4.90 Å². The van der Waals surface area contributed by atoms with Gasteiger partial charge >= 0.3 is 0 Å². The lowest BCUT2D eigenvalue weighted by Gasteiger charge is -2.12. The Morgan fingerprint density at radius 1 is 1.13 bits per heavy atom. The number of ketones is 1. The SMILES string of the molecule is CC[C@@H](C)c1ccc(S(=O)(=O)Nc2cccc(C(C)=O)c2)cc1. The summed E-state index contributed by atoms with van der Waals surface area (Å²) in [5.41, 5.74) is 1.96. The van der Waals surface area contributed by atoms with Gasteiger partial charge in [-0.1, -0.05) is 38.1 Å². The minimum atomic E-state index is -3.67. The Hall–Kier alpha value is -2.14. The van der Waals surface area contributed by atoms with Crippen LogP contribution in [0.4, 0.5) is 5.69 Å². The Morgan fingerprint density at radius 2 is 1.78 bits per heavy atom. The summed E-state index contributed by atoms with van der Waals surface area (Å²) in [7, 11) is -3.67. The fraction of sp³-hybridized carbons (Fsp3) is 0.278. The average molecular weight is 331 g/mol. The van der Waals surface area contributed by atoms with E-state index in [9.17, 15) is 13.2 Å². The summed E-state index contributed by atoms with van der Waals surface area (Å²) in [4.78, 5) is 11.6. The molecular formula is C18H21NO3S. The van der Waals surface area contributed by atoms with Crippen molar-refractivity contribution in [3.63, 3.8) is 0 Å². The van der Waals surface area contributed by atoms with Gasteiger partial charge in [-0.15, -0.1) is 0 Å². The molecule has 2 aromatic rings. The summed E-state index contributed by atoms with van der Waals surface area (Å²) in [6.45, 7) is 5.65. The number of hydrogen-bond donors (Lipinski definition) is 1. The number of carbonyl (C=O) groups excluding carboxylic acids is 1. The third kappa shape index (κ3) is 4.20. The van der Waals surface area contributed by atoms with Crippen molar-refractivity contribution in [3.8, 4) is 0 Å². The lowest BCUT2D eigenvalue weighted by atomic mass is 9.99. The summed E-state index contributed by atoms with van der Waals surface area (Å²) in [5, 5.41) is 0. The number of rotatable bonds is 6. The second-order valence-electron chi connectivity index (χ2n) is 5.62. The van der Waals surface area contributed by atoms with Gasteiger partial charge in [-0.05, 0) is 49.1 Å². The molecule has 1 N–H and O–H groups in total. The Balaban J connectivity index is 2.25. The summed E-state index contributed by atoms with van der Waals surface area (Å²) >= 11 is 0. The van der Waals surface area contributed by atoms with Gasteiger partial charge in [-0.2, -0.15) is 0 Å². The molecule has 0 spiro atoms. The van der Waals surface area contributed by atoms with Crippen molar-refractivity contribution in [1.82, 2.24) is 0 Å². The molecule has 0 aliphatic carbocycles. The zero-order valence-corrected chi connectivity index (χ0v) is 14.4. The highest BCUT2D eigenvalue weighted by atomic mass is 32.2. The van der Waals surface area contributed by atoms with Gasteiger partial charge in [0.15, 0.2) is 5.78 Å². The van der Waals surface area contributed by atoms with Gasteiger partial charge < -0.3 is 0 Å². The van der Waals surface area contributed by atoms with E-state index < -0.39 is 10.0 Å². The number of anilines is 1. The highest BCUT2D eigenvalue weighted by Crippen LogP contribution is 2.22. The first-order valence-electron chi connectivity index (χ1n) is 7.57. The highest BCUT2D eigenvalue weighted by molar-refractivity contribution is 7.92. The first kappa shape index (κ1) is 17.2. The molecule has 0 unspecified atom stereocenters.